The van der Waals surface area contributed by atoms with Gasteiger partial charge in [0, 0.05) is 63.8 Å². The highest BCUT2D eigenvalue weighted by molar-refractivity contribution is 5.84. The van der Waals surface area contributed by atoms with Crippen molar-refractivity contribution in [3.8, 4) is 11.1 Å². The summed E-state index contributed by atoms with van der Waals surface area (Å²) >= 11 is 0. The van der Waals surface area contributed by atoms with Crippen molar-refractivity contribution in [1.29, 1.82) is 0 Å². The molecule has 1 saturated heterocycles. The van der Waals surface area contributed by atoms with E-state index in [9.17, 15) is 0 Å². The molecule has 0 spiro atoms. The monoisotopic (exact) mass is 351 g/mol. The molecule has 9 nitrogen and oxygen atoms in total. The molecule has 0 bridgehead atoms. The lowest BCUT2D eigenvalue weighted by Gasteiger charge is -2.35. The Labute approximate surface area is 151 Å². The Morgan fingerprint density at radius 3 is 2.58 bits per heavy atom. The average Bonchev–Trinajstić information content (AvgIpc) is 3.29. The SMILES string of the molecule is C=NC(=NC)N1CCN(c2ncnn3cc(-c4cnn(C)c4)cc23)CC1. The van der Waals surface area contributed by atoms with E-state index in [1.54, 1.807) is 18.1 Å². The number of hydrogen-bond acceptors (Lipinski definition) is 5. The molecule has 9 heteroatoms. The van der Waals surface area contributed by atoms with E-state index < -0.39 is 0 Å². The van der Waals surface area contributed by atoms with Gasteiger partial charge in [-0.1, -0.05) is 0 Å². The number of guanidine groups is 1. The van der Waals surface area contributed by atoms with E-state index in [1.165, 1.54) is 0 Å². The minimum Gasteiger partial charge on any atom is -0.351 e. The summed E-state index contributed by atoms with van der Waals surface area (Å²) < 4.78 is 3.67. The smallest absolute Gasteiger partial charge is 0.219 e. The van der Waals surface area contributed by atoms with Gasteiger partial charge < -0.3 is 9.80 Å². The summed E-state index contributed by atoms with van der Waals surface area (Å²) in [5, 5.41) is 8.60. The number of fused-ring (bicyclic) bond motifs is 1. The lowest BCUT2D eigenvalue weighted by Crippen LogP contribution is -2.48. The summed E-state index contributed by atoms with van der Waals surface area (Å²) in [6.07, 6.45) is 7.46. The second kappa shape index (κ2) is 6.58. The number of aromatic nitrogens is 5. The van der Waals surface area contributed by atoms with E-state index in [1.807, 2.05) is 30.2 Å². The van der Waals surface area contributed by atoms with Crippen LogP contribution in [-0.2, 0) is 7.05 Å². The van der Waals surface area contributed by atoms with Crippen LogP contribution in [0.1, 0.15) is 0 Å². The highest BCUT2D eigenvalue weighted by Crippen LogP contribution is 2.27. The van der Waals surface area contributed by atoms with Crippen LogP contribution in [-0.4, -0.2) is 75.2 Å². The van der Waals surface area contributed by atoms with Gasteiger partial charge in [0.05, 0.1) is 6.20 Å². The third-order valence-corrected chi connectivity index (χ3v) is 4.63. The Bertz CT molecular complexity index is 960. The number of aliphatic imine (C=N–C) groups is 2. The van der Waals surface area contributed by atoms with Crippen LogP contribution in [0.15, 0.2) is 41.0 Å². The van der Waals surface area contributed by atoms with Gasteiger partial charge in [-0.05, 0) is 12.8 Å². The van der Waals surface area contributed by atoms with Gasteiger partial charge in [-0.15, -0.1) is 0 Å². The number of piperazine rings is 1. The number of anilines is 1. The highest BCUT2D eigenvalue weighted by atomic mass is 15.4. The summed E-state index contributed by atoms with van der Waals surface area (Å²) in [5.74, 6) is 1.63. The van der Waals surface area contributed by atoms with Gasteiger partial charge in [-0.2, -0.15) is 10.2 Å². The van der Waals surface area contributed by atoms with Gasteiger partial charge in [-0.3, -0.25) is 9.67 Å². The minimum atomic E-state index is 0.694. The standard InChI is InChI=1S/C17H21N9/c1-18-17(19-2)25-6-4-24(5-7-25)16-15-8-13(11-26(15)22-12-20-16)14-9-21-23(3)10-14/h8-12H,1,4-7H2,2-3H3. The molecule has 0 unspecified atom stereocenters. The van der Waals surface area contributed by atoms with E-state index >= 15 is 0 Å². The predicted molar refractivity (Wildman–Crippen MR) is 102 cm³/mol. The zero-order valence-electron chi connectivity index (χ0n) is 14.9. The Balaban J connectivity index is 1.61. The quantitative estimate of drug-likeness (QED) is 0.507. The molecule has 0 aromatic carbocycles. The first-order chi connectivity index (χ1) is 12.7. The first-order valence-corrected chi connectivity index (χ1v) is 8.45. The molecule has 0 saturated carbocycles. The third kappa shape index (κ3) is 2.81. The van der Waals surface area contributed by atoms with Crippen molar-refractivity contribution in [1.82, 2.24) is 29.3 Å². The van der Waals surface area contributed by atoms with Crippen molar-refractivity contribution in [2.45, 2.75) is 0 Å². The summed E-state index contributed by atoms with van der Waals surface area (Å²) in [7, 11) is 3.65. The predicted octanol–water partition coefficient (Wildman–Crippen LogP) is 0.938. The summed E-state index contributed by atoms with van der Waals surface area (Å²) in [4.78, 5) is 17.1. The number of hydrogen-bond donors (Lipinski definition) is 0. The molecule has 0 amide bonds. The van der Waals surface area contributed by atoms with Gasteiger partial charge in [0.1, 0.15) is 11.8 Å². The molecule has 1 fully saturated rings. The highest BCUT2D eigenvalue weighted by Gasteiger charge is 2.22. The molecular weight excluding hydrogens is 330 g/mol. The topological polar surface area (TPSA) is 79.2 Å². The molecule has 4 rings (SSSR count). The van der Waals surface area contributed by atoms with Crippen LogP contribution in [0.4, 0.5) is 5.82 Å². The zero-order valence-corrected chi connectivity index (χ0v) is 14.9. The van der Waals surface area contributed by atoms with E-state index in [4.69, 9.17) is 0 Å². The Hall–Kier alpha value is -3.23. The summed E-state index contributed by atoms with van der Waals surface area (Å²) in [6, 6.07) is 2.11. The van der Waals surface area contributed by atoms with Gasteiger partial charge in [0.2, 0.25) is 5.96 Å². The largest absolute Gasteiger partial charge is 0.351 e. The van der Waals surface area contributed by atoms with Crippen LogP contribution in [0.2, 0.25) is 0 Å². The molecule has 0 N–H and O–H groups in total. The Morgan fingerprint density at radius 1 is 1.12 bits per heavy atom. The molecule has 4 heterocycles. The van der Waals surface area contributed by atoms with Crippen LogP contribution >= 0.6 is 0 Å². The first-order valence-electron chi connectivity index (χ1n) is 8.45. The summed E-state index contributed by atoms with van der Waals surface area (Å²) in [5.41, 5.74) is 3.13. The first kappa shape index (κ1) is 16.2. The molecular formula is C17H21N9. The number of aryl methyl sites for hydroxylation is 1. The maximum atomic E-state index is 4.54. The molecule has 3 aromatic rings. The fraction of sp³-hybridized carbons (Fsp3) is 0.353. The average molecular weight is 351 g/mol. The number of rotatable bonds is 2. The normalized spacial score (nSPS) is 15.7. The van der Waals surface area contributed by atoms with Gasteiger partial charge in [0.15, 0.2) is 5.82 Å². The zero-order chi connectivity index (χ0) is 18.1. The van der Waals surface area contributed by atoms with Crippen LogP contribution in [0.3, 0.4) is 0 Å². The second-order valence-electron chi connectivity index (χ2n) is 6.20. The van der Waals surface area contributed by atoms with E-state index in [-0.39, 0.29) is 0 Å². The summed E-state index contributed by atoms with van der Waals surface area (Å²) in [6.45, 7) is 6.94. The van der Waals surface area contributed by atoms with Crippen molar-refractivity contribution in [2.75, 3.05) is 38.1 Å². The lowest BCUT2D eigenvalue weighted by molar-refractivity contribution is 0.381. The molecule has 0 radical (unpaired) electrons. The molecule has 1 aliphatic heterocycles. The van der Waals surface area contributed by atoms with E-state index in [0.29, 0.717) is 5.96 Å². The van der Waals surface area contributed by atoms with Gasteiger partial charge in [0.25, 0.3) is 0 Å². The molecule has 26 heavy (non-hydrogen) atoms. The molecule has 3 aromatic heterocycles. The van der Waals surface area contributed by atoms with Crippen LogP contribution in [0.5, 0.6) is 0 Å². The maximum Gasteiger partial charge on any atom is 0.219 e. The Kier molecular flexibility index (Phi) is 4.11. The van der Waals surface area contributed by atoms with Crippen LogP contribution in [0, 0.1) is 0 Å². The van der Waals surface area contributed by atoms with Crippen molar-refractivity contribution < 1.29 is 0 Å². The fourth-order valence-electron chi connectivity index (χ4n) is 3.32. The lowest BCUT2D eigenvalue weighted by atomic mass is 10.2. The van der Waals surface area contributed by atoms with Crippen molar-refractivity contribution in [3.05, 3.63) is 31.0 Å². The number of nitrogens with zero attached hydrogens (tertiary/aromatic N) is 9. The van der Waals surface area contributed by atoms with Crippen molar-refractivity contribution in [2.24, 2.45) is 17.0 Å². The second-order valence-corrected chi connectivity index (χ2v) is 6.20. The fourth-order valence-corrected chi connectivity index (χ4v) is 3.32. The van der Waals surface area contributed by atoms with Crippen molar-refractivity contribution >= 4 is 24.0 Å². The molecule has 0 aliphatic carbocycles. The Morgan fingerprint density at radius 2 is 1.92 bits per heavy atom. The van der Waals surface area contributed by atoms with Gasteiger partial charge in [-0.25, -0.2) is 14.5 Å². The van der Waals surface area contributed by atoms with E-state index in [2.05, 4.69) is 47.7 Å². The molecule has 0 atom stereocenters. The van der Waals surface area contributed by atoms with E-state index in [0.717, 1.165) is 48.6 Å². The molecule has 1 aliphatic rings. The van der Waals surface area contributed by atoms with Crippen LogP contribution < -0.4 is 4.90 Å². The maximum absolute atomic E-state index is 4.54. The van der Waals surface area contributed by atoms with Crippen molar-refractivity contribution in [3.63, 3.8) is 0 Å². The van der Waals surface area contributed by atoms with Crippen LogP contribution in [0.25, 0.3) is 16.6 Å². The third-order valence-electron chi connectivity index (χ3n) is 4.63. The minimum absolute atomic E-state index is 0.694. The van der Waals surface area contributed by atoms with Gasteiger partial charge >= 0.3 is 0 Å². The molecule has 134 valence electrons.